The lowest BCUT2D eigenvalue weighted by atomic mass is 10.1. The van der Waals surface area contributed by atoms with Gasteiger partial charge in [0.05, 0.1) is 0 Å². The maximum atomic E-state index is 3.41. The number of nitrogens with zero attached hydrogens (tertiary/aromatic N) is 2. The molecule has 2 aliphatic rings. The van der Waals surface area contributed by atoms with Gasteiger partial charge in [0.15, 0.2) is 0 Å². The van der Waals surface area contributed by atoms with E-state index in [1.54, 1.807) is 0 Å². The van der Waals surface area contributed by atoms with E-state index < -0.39 is 0 Å². The van der Waals surface area contributed by atoms with Crippen molar-refractivity contribution < 1.29 is 0 Å². The highest BCUT2D eigenvalue weighted by atomic mass is 15.2. The summed E-state index contributed by atoms with van der Waals surface area (Å²) in [4.78, 5) is 4.91. The molecule has 1 N–H and O–H groups in total. The summed E-state index contributed by atoms with van der Waals surface area (Å²) < 4.78 is 0. The van der Waals surface area contributed by atoms with Gasteiger partial charge >= 0.3 is 0 Å². The zero-order chi connectivity index (χ0) is 12.4. The van der Waals surface area contributed by atoms with Gasteiger partial charge in [0.25, 0.3) is 0 Å². The Morgan fingerprint density at radius 3 is 2.72 bits per heavy atom. The molecule has 1 fully saturated rings. The molecule has 1 saturated heterocycles. The Hall–Kier alpha value is -1.22. The van der Waals surface area contributed by atoms with Gasteiger partial charge < -0.3 is 15.1 Å². The van der Waals surface area contributed by atoms with E-state index in [1.807, 2.05) is 0 Å². The second-order valence-corrected chi connectivity index (χ2v) is 5.43. The number of anilines is 2. The highest BCUT2D eigenvalue weighted by Gasteiger charge is 2.15. The van der Waals surface area contributed by atoms with Crippen molar-refractivity contribution in [2.45, 2.75) is 19.3 Å². The summed E-state index contributed by atoms with van der Waals surface area (Å²) in [6.07, 6.45) is 3.87. The van der Waals surface area contributed by atoms with Crippen molar-refractivity contribution in [2.75, 3.05) is 49.6 Å². The third kappa shape index (κ3) is 2.32. The molecule has 1 aromatic rings. The van der Waals surface area contributed by atoms with Gasteiger partial charge in [-0.2, -0.15) is 0 Å². The quantitative estimate of drug-likeness (QED) is 0.815. The third-order valence-electron chi connectivity index (χ3n) is 4.15. The fourth-order valence-electron chi connectivity index (χ4n) is 3.05. The van der Waals surface area contributed by atoms with E-state index in [4.69, 9.17) is 0 Å². The first kappa shape index (κ1) is 11.8. The number of aryl methyl sites for hydroxylation is 1. The van der Waals surface area contributed by atoms with Crippen molar-refractivity contribution in [2.24, 2.45) is 0 Å². The first-order chi connectivity index (χ1) is 8.84. The first-order valence-corrected chi connectivity index (χ1v) is 7.14. The molecule has 3 heteroatoms. The van der Waals surface area contributed by atoms with Gasteiger partial charge in [-0.15, -0.1) is 0 Å². The molecule has 0 bridgehead atoms. The molecule has 98 valence electrons. The van der Waals surface area contributed by atoms with E-state index in [0.717, 1.165) is 26.2 Å². The van der Waals surface area contributed by atoms with Crippen LogP contribution in [0.3, 0.4) is 0 Å². The minimum atomic E-state index is 1.11. The van der Waals surface area contributed by atoms with Gasteiger partial charge in [-0.25, -0.2) is 0 Å². The fraction of sp³-hybridized carbons (Fsp3) is 0.600. The van der Waals surface area contributed by atoms with Crippen molar-refractivity contribution in [3.05, 3.63) is 23.8 Å². The molecule has 0 amide bonds. The molecule has 2 heterocycles. The van der Waals surface area contributed by atoms with Crippen LogP contribution in [0.15, 0.2) is 18.2 Å². The fourth-order valence-corrected chi connectivity index (χ4v) is 3.05. The van der Waals surface area contributed by atoms with Crippen LogP contribution in [-0.4, -0.2) is 39.8 Å². The second kappa shape index (κ2) is 5.19. The highest BCUT2D eigenvalue weighted by molar-refractivity contribution is 5.62. The van der Waals surface area contributed by atoms with E-state index in [1.165, 1.54) is 42.7 Å². The van der Waals surface area contributed by atoms with Gasteiger partial charge in [0.1, 0.15) is 0 Å². The summed E-state index contributed by atoms with van der Waals surface area (Å²) in [5.41, 5.74) is 4.38. The van der Waals surface area contributed by atoms with Crippen LogP contribution in [0.1, 0.15) is 18.4 Å². The van der Waals surface area contributed by atoms with Crippen LogP contribution in [-0.2, 0) is 6.42 Å². The predicted octanol–water partition coefficient (Wildman–Crippen LogP) is 1.87. The van der Waals surface area contributed by atoms with Crippen molar-refractivity contribution in [3.8, 4) is 0 Å². The van der Waals surface area contributed by atoms with Crippen molar-refractivity contribution >= 4 is 11.4 Å². The molecular formula is C15H23N3. The Morgan fingerprint density at radius 2 is 1.89 bits per heavy atom. The molecule has 0 aromatic heterocycles. The van der Waals surface area contributed by atoms with Crippen LogP contribution in [0.2, 0.25) is 0 Å². The molecule has 0 radical (unpaired) electrons. The van der Waals surface area contributed by atoms with E-state index in [0.29, 0.717) is 0 Å². The van der Waals surface area contributed by atoms with Gasteiger partial charge in [0, 0.05) is 51.1 Å². The van der Waals surface area contributed by atoms with Gasteiger partial charge in [-0.05, 0) is 43.0 Å². The number of fused-ring (bicyclic) bond motifs is 1. The molecule has 3 rings (SSSR count). The number of hydrogen-bond acceptors (Lipinski definition) is 3. The van der Waals surface area contributed by atoms with Crippen LogP contribution in [0.4, 0.5) is 11.4 Å². The Morgan fingerprint density at radius 1 is 1.06 bits per heavy atom. The number of hydrogen-bond donors (Lipinski definition) is 1. The largest absolute Gasteiger partial charge is 0.374 e. The van der Waals surface area contributed by atoms with Gasteiger partial charge in [-0.1, -0.05) is 0 Å². The normalized spacial score (nSPS) is 20.5. The Kier molecular flexibility index (Phi) is 3.41. The van der Waals surface area contributed by atoms with Crippen molar-refractivity contribution in [3.63, 3.8) is 0 Å². The van der Waals surface area contributed by atoms with Crippen LogP contribution in [0.25, 0.3) is 0 Å². The summed E-state index contributed by atoms with van der Waals surface area (Å²) in [5, 5.41) is 3.41. The van der Waals surface area contributed by atoms with Gasteiger partial charge in [-0.3, -0.25) is 0 Å². The zero-order valence-corrected chi connectivity index (χ0v) is 11.3. The van der Waals surface area contributed by atoms with Crippen molar-refractivity contribution in [1.82, 2.24) is 5.32 Å². The maximum absolute atomic E-state index is 3.41. The Labute approximate surface area is 110 Å². The molecule has 2 aliphatic heterocycles. The van der Waals surface area contributed by atoms with E-state index >= 15 is 0 Å². The molecule has 0 unspecified atom stereocenters. The van der Waals surface area contributed by atoms with Gasteiger partial charge in [0.2, 0.25) is 0 Å². The minimum absolute atomic E-state index is 1.11. The maximum Gasteiger partial charge on any atom is 0.0397 e. The summed E-state index contributed by atoms with van der Waals surface area (Å²) >= 11 is 0. The average molecular weight is 245 g/mol. The SMILES string of the molecule is CN1CCCCc2cc(N3CCNCC3)ccc21. The zero-order valence-electron chi connectivity index (χ0n) is 11.3. The number of benzene rings is 1. The molecule has 0 spiro atoms. The standard InChI is InChI=1S/C15H23N3/c1-17-9-3-2-4-13-12-14(5-6-15(13)17)18-10-7-16-8-11-18/h5-6,12,16H,2-4,7-11H2,1H3. The topological polar surface area (TPSA) is 18.5 Å². The molecule has 3 nitrogen and oxygen atoms in total. The number of nitrogens with one attached hydrogen (secondary N) is 1. The lowest BCUT2D eigenvalue weighted by Crippen LogP contribution is -2.43. The molecule has 1 aromatic carbocycles. The highest BCUT2D eigenvalue weighted by Crippen LogP contribution is 2.29. The molecule has 0 aliphatic carbocycles. The average Bonchev–Trinajstić information content (AvgIpc) is 2.61. The summed E-state index contributed by atoms with van der Waals surface area (Å²) in [5.74, 6) is 0. The minimum Gasteiger partial charge on any atom is -0.374 e. The monoisotopic (exact) mass is 245 g/mol. The van der Waals surface area contributed by atoms with Crippen LogP contribution in [0.5, 0.6) is 0 Å². The predicted molar refractivity (Wildman–Crippen MR) is 77.7 cm³/mol. The third-order valence-corrected chi connectivity index (χ3v) is 4.15. The smallest absolute Gasteiger partial charge is 0.0397 e. The first-order valence-electron chi connectivity index (χ1n) is 7.14. The van der Waals surface area contributed by atoms with Crippen LogP contribution in [0, 0.1) is 0 Å². The molecule has 0 atom stereocenters. The van der Waals surface area contributed by atoms with E-state index in [9.17, 15) is 0 Å². The van der Waals surface area contributed by atoms with Crippen molar-refractivity contribution in [1.29, 1.82) is 0 Å². The number of rotatable bonds is 1. The lowest BCUT2D eigenvalue weighted by Gasteiger charge is -2.30. The second-order valence-electron chi connectivity index (χ2n) is 5.43. The Balaban J connectivity index is 1.87. The summed E-state index contributed by atoms with van der Waals surface area (Å²) in [6, 6.07) is 7.03. The molecule has 0 saturated carbocycles. The van der Waals surface area contributed by atoms with E-state index in [-0.39, 0.29) is 0 Å². The lowest BCUT2D eigenvalue weighted by molar-refractivity contribution is 0.589. The molecule has 18 heavy (non-hydrogen) atoms. The summed E-state index contributed by atoms with van der Waals surface area (Å²) in [7, 11) is 2.22. The number of piperazine rings is 1. The summed E-state index contributed by atoms with van der Waals surface area (Å²) in [6.45, 7) is 5.68. The van der Waals surface area contributed by atoms with Crippen LogP contribution < -0.4 is 15.1 Å². The van der Waals surface area contributed by atoms with Crippen LogP contribution >= 0.6 is 0 Å². The Bertz CT molecular complexity index is 410. The molecular weight excluding hydrogens is 222 g/mol. The van der Waals surface area contributed by atoms with E-state index in [2.05, 4.69) is 40.4 Å².